The van der Waals surface area contributed by atoms with E-state index >= 15 is 0 Å². The van der Waals surface area contributed by atoms with E-state index in [1.165, 1.54) is 39.4 Å². The summed E-state index contributed by atoms with van der Waals surface area (Å²) in [6, 6.07) is 10.1. The van der Waals surface area contributed by atoms with Gasteiger partial charge in [-0.05, 0) is 42.6 Å². The summed E-state index contributed by atoms with van der Waals surface area (Å²) < 4.78 is 21.3. The maximum absolute atomic E-state index is 13.2. The molecule has 0 radical (unpaired) electrons. The highest BCUT2D eigenvalue weighted by Crippen LogP contribution is 2.41. The Balaban J connectivity index is 2.09. The van der Waals surface area contributed by atoms with Crippen LogP contribution in [0.25, 0.3) is 6.08 Å². The highest BCUT2D eigenvalue weighted by atomic mass is 32.1. The highest BCUT2D eigenvalue weighted by molar-refractivity contribution is 7.80. The molecule has 0 unspecified atom stereocenters. The molecule has 156 valence electrons. The van der Waals surface area contributed by atoms with Crippen LogP contribution in [0.3, 0.4) is 0 Å². The maximum atomic E-state index is 13.2. The Labute approximate surface area is 179 Å². The fourth-order valence-corrected chi connectivity index (χ4v) is 3.32. The number of nitrogens with zero attached hydrogens (tertiary/aromatic N) is 1. The minimum atomic E-state index is -0.610. The maximum Gasteiger partial charge on any atom is 0.270 e. The number of thiocarbonyl (C=S) groups is 1. The summed E-state index contributed by atoms with van der Waals surface area (Å²) >= 11 is 5.23. The predicted molar refractivity (Wildman–Crippen MR) is 115 cm³/mol. The van der Waals surface area contributed by atoms with Crippen molar-refractivity contribution in [1.82, 2.24) is 5.32 Å². The molecule has 3 rings (SSSR count). The van der Waals surface area contributed by atoms with Crippen LogP contribution in [0.1, 0.15) is 5.56 Å². The quantitative estimate of drug-likeness (QED) is 0.430. The summed E-state index contributed by atoms with van der Waals surface area (Å²) in [5.74, 6) is 0.487. The molecule has 1 heterocycles. The van der Waals surface area contributed by atoms with Gasteiger partial charge in [0.1, 0.15) is 11.3 Å². The molecule has 2 amide bonds. The van der Waals surface area contributed by atoms with Gasteiger partial charge in [0.25, 0.3) is 11.8 Å². The second-order valence-corrected chi connectivity index (χ2v) is 6.47. The van der Waals surface area contributed by atoms with Crippen LogP contribution in [0.5, 0.6) is 23.0 Å². The lowest BCUT2D eigenvalue weighted by molar-refractivity contribution is -0.122. The van der Waals surface area contributed by atoms with E-state index in [1.54, 1.807) is 36.4 Å². The highest BCUT2D eigenvalue weighted by Gasteiger charge is 2.35. The van der Waals surface area contributed by atoms with Crippen LogP contribution in [0.15, 0.2) is 42.0 Å². The number of rotatable bonds is 6. The zero-order valence-electron chi connectivity index (χ0n) is 16.8. The van der Waals surface area contributed by atoms with Crippen LogP contribution in [0.2, 0.25) is 0 Å². The molecule has 2 aromatic carbocycles. The van der Waals surface area contributed by atoms with Crippen LogP contribution >= 0.6 is 12.2 Å². The summed E-state index contributed by atoms with van der Waals surface area (Å²) in [5, 5.41) is 2.53. The molecule has 2 aromatic rings. The lowest BCUT2D eigenvalue weighted by Gasteiger charge is -2.29. The standard InChI is InChI=1S/C21H20N2O6S/c1-26-14-7-5-6-13(11-14)23-20(25)15(19(24)22-21(23)30)10-12-8-9-16(27-2)18(29-4)17(12)28-3/h5-11H,1-4H3,(H,22,24,30)/b15-10-. The lowest BCUT2D eigenvalue weighted by atomic mass is 10.1. The molecule has 1 aliphatic rings. The minimum absolute atomic E-state index is 0.0188. The molecule has 0 atom stereocenters. The molecule has 0 spiro atoms. The van der Waals surface area contributed by atoms with Gasteiger partial charge in [-0.2, -0.15) is 0 Å². The van der Waals surface area contributed by atoms with Gasteiger partial charge in [-0.15, -0.1) is 0 Å². The number of benzene rings is 2. The average molecular weight is 428 g/mol. The molecule has 0 aromatic heterocycles. The summed E-state index contributed by atoms with van der Waals surface area (Å²) in [7, 11) is 5.95. The number of methoxy groups -OCH3 is 4. The first-order valence-corrected chi connectivity index (χ1v) is 9.20. The number of hydrogen-bond acceptors (Lipinski definition) is 7. The topological polar surface area (TPSA) is 86.3 Å². The van der Waals surface area contributed by atoms with Crippen LogP contribution < -0.4 is 29.2 Å². The summed E-state index contributed by atoms with van der Waals surface area (Å²) in [5.41, 5.74) is 0.818. The van der Waals surface area contributed by atoms with Crippen LogP contribution in [-0.2, 0) is 9.59 Å². The smallest absolute Gasteiger partial charge is 0.270 e. The van der Waals surface area contributed by atoms with Crippen molar-refractivity contribution in [3.8, 4) is 23.0 Å². The molecule has 1 saturated heterocycles. The average Bonchev–Trinajstić information content (AvgIpc) is 2.75. The predicted octanol–water partition coefficient (Wildman–Crippen LogP) is 2.55. The third-order valence-electron chi connectivity index (χ3n) is 4.45. The van der Waals surface area contributed by atoms with E-state index in [1.807, 2.05) is 0 Å². The van der Waals surface area contributed by atoms with Crippen molar-refractivity contribution in [3.05, 3.63) is 47.5 Å². The molecule has 30 heavy (non-hydrogen) atoms. The first kappa shape index (κ1) is 21.1. The number of amides is 2. The number of nitrogens with one attached hydrogen (secondary N) is 1. The molecule has 1 aliphatic heterocycles. The largest absolute Gasteiger partial charge is 0.497 e. The number of carbonyl (C=O) groups is 2. The van der Waals surface area contributed by atoms with Crippen molar-refractivity contribution in [3.63, 3.8) is 0 Å². The third kappa shape index (κ3) is 3.79. The van der Waals surface area contributed by atoms with Crippen molar-refractivity contribution in [2.45, 2.75) is 0 Å². The molecule has 0 bridgehead atoms. The molecular formula is C21H20N2O6S. The Bertz CT molecular complexity index is 1050. The Morgan fingerprint density at radius 3 is 2.30 bits per heavy atom. The first-order chi connectivity index (χ1) is 14.4. The van der Waals surface area contributed by atoms with Gasteiger partial charge in [-0.1, -0.05) is 6.07 Å². The SMILES string of the molecule is COc1cccc(N2C(=O)/C(=C\c3ccc(OC)c(OC)c3OC)C(=O)NC2=S)c1. The molecule has 1 N–H and O–H groups in total. The van der Waals surface area contributed by atoms with Crippen molar-refractivity contribution >= 4 is 40.9 Å². The van der Waals surface area contributed by atoms with E-state index in [0.717, 1.165) is 0 Å². The Morgan fingerprint density at radius 2 is 1.67 bits per heavy atom. The molecule has 0 aliphatic carbocycles. The molecule has 1 fully saturated rings. The monoisotopic (exact) mass is 428 g/mol. The Kier molecular flexibility index (Phi) is 6.22. The normalized spacial score (nSPS) is 15.1. The second kappa shape index (κ2) is 8.83. The number of ether oxygens (including phenoxy) is 4. The van der Waals surface area contributed by atoms with E-state index in [0.29, 0.717) is 34.2 Å². The zero-order chi connectivity index (χ0) is 21.8. The van der Waals surface area contributed by atoms with Crippen molar-refractivity contribution in [2.75, 3.05) is 33.3 Å². The zero-order valence-corrected chi connectivity index (χ0v) is 17.7. The van der Waals surface area contributed by atoms with Crippen molar-refractivity contribution < 1.29 is 28.5 Å². The molecule has 9 heteroatoms. The van der Waals surface area contributed by atoms with Gasteiger partial charge in [-0.3, -0.25) is 19.8 Å². The van der Waals surface area contributed by atoms with Gasteiger partial charge in [0.15, 0.2) is 16.6 Å². The van der Waals surface area contributed by atoms with Gasteiger partial charge < -0.3 is 18.9 Å². The fourth-order valence-electron chi connectivity index (χ4n) is 3.04. The van der Waals surface area contributed by atoms with Gasteiger partial charge in [0.05, 0.1) is 34.1 Å². The minimum Gasteiger partial charge on any atom is -0.497 e. The van der Waals surface area contributed by atoms with E-state index in [2.05, 4.69) is 5.32 Å². The number of carbonyl (C=O) groups excluding carboxylic acids is 2. The van der Waals surface area contributed by atoms with Crippen LogP contribution in [-0.4, -0.2) is 45.4 Å². The van der Waals surface area contributed by atoms with Crippen LogP contribution in [0, 0.1) is 0 Å². The lowest BCUT2D eigenvalue weighted by Crippen LogP contribution is -2.54. The summed E-state index contributed by atoms with van der Waals surface area (Å²) in [6.45, 7) is 0. The van der Waals surface area contributed by atoms with E-state index < -0.39 is 11.8 Å². The van der Waals surface area contributed by atoms with Gasteiger partial charge >= 0.3 is 0 Å². The summed E-state index contributed by atoms with van der Waals surface area (Å²) in [4.78, 5) is 27.0. The van der Waals surface area contributed by atoms with Gasteiger partial charge in [-0.25, -0.2) is 0 Å². The Hall–Kier alpha value is -3.59. The first-order valence-electron chi connectivity index (χ1n) is 8.79. The van der Waals surface area contributed by atoms with Crippen molar-refractivity contribution in [2.24, 2.45) is 0 Å². The van der Waals surface area contributed by atoms with E-state index in [9.17, 15) is 9.59 Å². The van der Waals surface area contributed by atoms with E-state index in [-0.39, 0.29) is 10.7 Å². The Morgan fingerprint density at radius 1 is 0.933 bits per heavy atom. The number of hydrogen-bond donors (Lipinski definition) is 1. The van der Waals surface area contributed by atoms with Gasteiger partial charge in [0, 0.05) is 11.6 Å². The van der Waals surface area contributed by atoms with Gasteiger partial charge in [0.2, 0.25) is 5.75 Å². The second-order valence-electron chi connectivity index (χ2n) is 6.08. The molecule has 0 saturated carbocycles. The molecule has 8 nitrogen and oxygen atoms in total. The molecular weight excluding hydrogens is 408 g/mol. The van der Waals surface area contributed by atoms with Crippen LogP contribution in [0.4, 0.5) is 5.69 Å². The third-order valence-corrected chi connectivity index (χ3v) is 4.73. The van der Waals surface area contributed by atoms with Crippen molar-refractivity contribution in [1.29, 1.82) is 0 Å². The van der Waals surface area contributed by atoms with E-state index in [4.69, 9.17) is 31.2 Å². The summed E-state index contributed by atoms with van der Waals surface area (Å²) in [6.07, 6.45) is 1.42. The fraction of sp³-hybridized carbons (Fsp3) is 0.190. The number of anilines is 1.